The maximum atomic E-state index is 5.67. The van der Waals surface area contributed by atoms with Gasteiger partial charge in [-0.2, -0.15) is 5.10 Å². The van der Waals surface area contributed by atoms with E-state index in [1.54, 1.807) is 0 Å². The number of nitrogens with one attached hydrogen (secondary N) is 1. The van der Waals surface area contributed by atoms with E-state index < -0.39 is 0 Å². The lowest BCUT2D eigenvalue weighted by Crippen LogP contribution is -2.29. The Kier molecular flexibility index (Phi) is 8.34. The number of halogens is 1. The van der Waals surface area contributed by atoms with Crippen LogP contribution >= 0.6 is 15.9 Å². The van der Waals surface area contributed by atoms with Crippen LogP contribution in [0.5, 0.6) is 0 Å². The van der Waals surface area contributed by atoms with Crippen molar-refractivity contribution in [1.29, 1.82) is 0 Å². The number of nitrogens with two attached hydrogens (primary N) is 1. The number of rotatable bonds is 10. The fourth-order valence-corrected chi connectivity index (χ4v) is 3.04. The number of hydrogen-bond acceptors (Lipinski definition) is 3. The first kappa shape index (κ1) is 16.7. The fourth-order valence-electron chi connectivity index (χ4n) is 2.42. The summed E-state index contributed by atoms with van der Waals surface area (Å²) in [6.07, 6.45) is 12.1. The van der Waals surface area contributed by atoms with Gasteiger partial charge >= 0.3 is 0 Å². The number of aryl methyl sites for hydroxylation is 1. The maximum Gasteiger partial charge on any atom is 0.0705 e. The predicted molar refractivity (Wildman–Crippen MR) is 83.6 cm³/mol. The first-order chi connectivity index (χ1) is 9.20. The van der Waals surface area contributed by atoms with Gasteiger partial charge in [-0.1, -0.05) is 51.9 Å². The van der Waals surface area contributed by atoms with Gasteiger partial charge in [0.25, 0.3) is 0 Å². The average Bonchev–Trinajstić information content (AvgIpc) is 2.73. The van der Waals surface area contributed by atoms with E-state index in [-0.39, 0.29) is 6.04 Å². The minimum Gasteiger partial charge on any atom is -0.271 e. The number of aromatic nitrogens is 2. The largest absolute Gasteiger partial charge is 0.271 e. The predicted octanol–water partition coefficient (Wildman–Crippen LogP) is 3.83. The van der Waals surface area contributed by atoms with Gasteiger partial charge in [-0.3, -0.25) is 16.0 Å². The van der Waals surface area contributed by atoms with Crippen molar-refractivity contribution in [2.75, 3.05) is 0 Å². The van der Waals surface area contributed by atoms with Crippen molar-refractivity contribution < 1.29 is 0 Å². The van der Waals surface area contributed by atoms with Crippen molar-refractivity contribution in [1.82, 2.24) is 15.2 Å². The smallest absolute Gasteiger partial charge is 0.0705 e. The zero-order chi connectivity index (χ0) is 14.1. The van der Waals surface area contributed by atoms with E-state index in [9.17, 15) is 0 Å². The molecule has 5 heteroatoms. The van der Waals surface area contributed by atoms with Gasteiger partial charge in [0.2, 0.25) is 0 Å². The summed E-state index contributed by atoms with van der Waals surface area (Å²) < 4.78 is 2.91. The van der Waals surface area contributed by atoms with Gasteiger partial charge < -0.3 is 0 Å². The van der Waals surface area contributed by atoms with Crippen molar-refractivity contribution in [3.8, 4) is 0 Å². The van der Waals surface area contributed by atoms with E-state index in [1.165, 1.54) is 44.9 Å². The quantitative estimate of drug-likeness (QED) is 0.389. The third-order valence-electron chi connectivity index (χ3n) is 3.57. The van der Waals surface area contributed by atoms with E-state index in [1.807, 2.05) is 17.9 Å². The summed E-state index contributed by atoms with van der Waals surface area (Å²) in [5.74, 6) is 5.67. The van der Waals surface area contributed by atoms with Gasteiger partial charge in [0.1, 0.15) is 0 Å². The second-order valence-corrected chi connectivity index (χ2v) is 5.98. The molecule has 1 aromatic rings. The molecule has 0 saturated carbocycles. The molecule has 0 fully saturated rings. The highest BCUT2D eigenvalue weighted by Gasteiger charge is 2.16. The van der Waals surface area contributed by atoms with E-state index in [4.69, 9.17) is 5.84 Å². The van der Waals surface area contributed by atoms with Crippen LogP contribution in [0.1, 0.15) is 70.0 Å². The standard InChI is InChI=1S/C14H27BrN4/c1-3-4-5-6-7-8-9-10-13(18-16)14-12(15)11-17-19(14)2/h11,13,18H,3-10,16H2,1-2H3. The number of hydrogen-bond donors (Lipinski definition) is 2. The molecule has 0 aromatic carbocycles. The summed E-state index contributed by atoms with van der Waals surface area (Å²) in [5, 5.41) is 4.24. The topological polar surface area (TPSA) is 55.9 Å². The molecule has 0 spiro atoms. The minimum absolute atomic E-state index is 0.178. The molecular formula is C14H27BrN4. The van der Waals surface area contributed by atoms with Gasteiger partial charge in [-0.15, -0.1) is 0 Å². The van der Waals surface area contributed by atoms with Crippen LogP contribution in [0.4, 0.5) is 0 Å². The Morgan fingerprint density at radius 1 is 1.26 bits per heavy atom. The summed E-state index contributed by atoms with van der Waals surface area (Å²) in [4.78, 5) is 0. The first-order valence-corrected chi connectivity index (χ1v) is 8.13. The van der Waals surface area contributed by atoms with Crippen LogP contribution in [-0.4, -0.2) is 9.78 Å². The highest BCUT2D eigenvalue weighted by atomic mass is 79.9. The van der Waals surface area contributed by atoms with Crippen molar-refractivity contribution in [2.45, 2.75) is 64.3 Å². The Labute approximate surface area is 125 Å². The molecule has 1 aromatic heterocycles. The summed E-state index contributed by atoms with van der Waals surface area (Å²) in [6.45, 7) is 2.25. The lowest BCUT2D eigenvalue weighted by atomic mass is 10.0. The SMILES string of the molecule is CCCCCCCCCC(NN)c1c(Br)cnn1C. The summed E-state index contributed by atoms with van der Waals surface area (Å²) >= 11 is 3.53. The highest BCUT2D eigenvalue weighted by Crippen LogP contribution is 2.26. The molecule has 1 unspecified atom stereocenters. The second kappa shape index (κ2) is 9.50. The molecule has 0 aliphatic carbocycles. The van der Waals surface area contributed by atoms with Crippen LogP contribution in [0.2, 0.25) is 0 Å². The van der Waals surface area contributed by atoms with Crippen LogP contribution < -0.4 is 11.3 Å². The zero-order valence-corrected chi connectivity index (χ0v) is 13.7. The fraction of sp³-hybridized carbons (Fsp3) is 0.786. The van der Waals surface area contributed by atoms with E-state index in [0.717, 1.165) is 16.6 Å². The molecule has 4 nitrogen and oxygen atoms in total. The van der Waals surface area contributed by atoms with Crippen molar-refractivity contribution >= 4 is 15.9 Å². The van der Waals surface area contributed by atoms with Gasteiger partial charge in [0, 0.05) is 7.05 Å². The second-order valence-electron chi connectivity index (χ2n) is 5.13. The van der Waals surface area contributed by atoms with Crippen molar-refractivity contribution in [2.24, 2.45) is 12.9 Å². The molecule has 0 aliphatic heterocycles. The Morgan fingerprint density at radius 3 is 2.42 bits per heavy atom. The molecule has 0 saturated heterocycles. The summed E-state index contributed by atoms with van der Waals surface area (Å²) in [6, 6.07) is 0.178. The van der Waals surface area contributed by atoms with Crippen molar-refractivity contribution in [3.05, 3.63) is 16.4 Å². The monoisotopic (exact) mass is 330 g/mol. The normalized spacial score (nSPS) is 12.8. The van der Waals surface area contributed by atoms with Gasteiger partial charge in [-0.05, 0) is 22.4 Å². The van der Waals surface area contributed by atoms with Crippen LogP contribution in [0.3, 0.4) is 0 Å². The lowest BCUT2D eigenvalue weighted by Gasteiger charge is -2.16. The molecule has 110 valence electrons. The molecule has 19 heavy (non-hydrogen) atoms. The average molecular weight is 331 g/mol. The molecule has 1 atom stereocenters. The summed E-state index contributed by atoms with van der Waals surface area (Å²) in [7, 11) is 1.95. The first-order valence-electron chi connectivity index (χ1n) is 7.34. The number of unbranched alkanes of at least 4 members (excludes halogenated alkanes) is 6. The van der Waals surface area contributed by atoms with Crippen molar-refractivity contribution in [3.63, 3.8) is 0 Å². The lowest BCUT2D eigenvalue weighted by molar-refractivity contribution is 0.450. The number of nitrogens with zero attached hydrogens (tertiary/aromatic N) is 2. The van der Waals surface area contributed by atoms with E-state index >= 15 is 0 Å². The van der Waals surface area contributed by atoms with Crippen LogP contribution in [-0.2, 0) is 7.05 Å². The van der Waals surface area contributed by atoms with Gasteiger partial charge in [0.05, 0.1) is 22.4 Å². The third-order valence-corrected chi connectivity index (χ3v) is 4.18. The molecule has 1 rings (SSSR count). The van der Waals surface area contributed by atoms with E-state index in [0.29, 0.717) is 0 Å². The molecule has 1 heterocycles. The van der Waals surface area contributed by atoms with Crippen LogP contribution in [0, 0.1) is 0 Å². The molecule has 0 aliphatic rings. The van der Waals surface area contributed by atoms with E-state index in [2.05, 4.69) is 33.4 Å². The molecular weight excluding hydrogens is 304 g/mol. The van der Waals surface area contributed by atoms with Crippen LogP contribution in [0.25, 0.3) is 0 Å². The minimum atomic E-state index is 0.178. The molecule has 0 bridgehead atoms. The highest BCUT2D eigenvalue weighted by molar-refractivity contribution is 9.10. The Balaban J connectivity index is 2.26. The Bertz CT molecular complexity index is 332. The molecule has 3 N–H and O–H groups in total. The molecule has 0 amide bonds. The van der Waals surface area contributed by atoms with Gasteiger partial charge in [-0.25, -0.2) is 0 Å². The number of hydrazine groups is 1. The Hall–Kier alpha value is -0.390. The molecule has 0 radical (unpaired) electrons. The third kappa shape index (κ3) is 5.63. The zero-order valence-electron chi connectivity index (χ0n) is 12.2. The maximum absolute atomic E-state index is 5.67. The summed E-state index contributed by atoms with van der Waals surface area (Å²) in [5.41, 5.74) is 4.04. The van der Waals surface area contributed by atoms with Gasteiger partial charge in [0.15, 0.2) is 0 Å². The Morgan fingerprint density at radius 2 is 1.89 bits per heavy atom. The van der Waals surface area contributed by atoms with Crippen LogP contribution in [0.15, 0.2) is 10.7 Å².